The molecule has 2 nitrogen and oxygen atoms in total. The van der Waals surface area contributed by atoms with Gasteiger partial charge in [0, 0.05) is 24.0 Å². The van der Waals surface area contributed by atoms with Crippen molar-refractivity contribution in [1.82, 2.24) is 9.97 Å². The Hall–Kier alpha value is -1.15. The second-order valence-electron chi connectivity index (χ2n) is 2.65. The van der Waals surface area contributed by atoms with E-state index in [0.29, 0.717) is 0 Å². The van der Waals surface area contributed by atoms with Gasteiger partial charge in [-0.2, -0.15) is 0 Å². The SMILES string of the molecule is CC.Cc1cnc2ccncc2c1Cl. The number of rotatable bonds is 0. The summed E-state index contributed by atoms with van der Waals surface area (Å²) >= 11 is 6.05. The number of pyridine rings is 2. The summed E-state index contributed by atoms with van der Waals surface area (Å²) < 4.78 is 0. The average Bonchev–Trinajstić information content (AvgIpc) is 2.27. The first-order valence-corrected chi connectivity index (χ1v) is 5.01. The van der Waals surface area contributed by atoms with Crippen LogP contribution in [0.15, 0.2) is 24.7 Å². The van der Waals surface area contributed by atoms with Crippen molar-refractivity contribution in [2.24, 2.45) is 0 Å². The highest BCUT2D eigenvalue weighted by molar-refractivity contribution is 6.35. The van der Waals surface area contributed by atoms with Crippen molar-refractivity contribution >= 4 is 22.5 Å². The third kappa shape index (κ3) is 2.02. The molecule has 0 N–H and O–H groups in total. The summed E-state index contributed by atoms with van der Waals surface area (Å²) in [6.45, 7) is 5.93. The summed E-state index contributed by atoms with van der Waals surface area (Å²) in [5.74, 6) is 0. The van der Waals surface area contributed by atoms with Gasteiger partial charge in [-0.05, 0) is 18.6 Å². The van der Waals surface area contributed by atoms with Gasteiger partial charge in [-0.3, -0.25) is 9.97 Å². The van der Waals surface area contributed by atoms with Crippen LogP contribution in [-0.4, -0.2) is 9.97 Å². The van der Waals surface area contributed by atoms with Crippen LogP contribution in [0.1, 0.15) is 19.4 Å². The zero-order valence-corrected chi connectivity index (χ0v) is 9.34. The van der Waals surface area contributed by atoms with Gasteiger partial charge in [-0.1, -0.05) is 25.4 Å². The minimum absolute atomic E-state index is 0.744. The lowest BCUT2D eigenvalue weighted by atomic mass is 10.2. The van der Waals surface area contributed by atoms with E-state index in [9.17, 15) is 0 Å². The van der Waals surface area contributed by atoms with E-state index < -0.39 is 0 Å². The third-order valence-corrected chi connectivity index (χ3v) is 2.28. The molecule has 2 rings (SSSR count). The van der Waals surface area contributed by atoms with E-state index in [1.54, 1.807) is 18.6 Å². The number of halogens is 1. The number of hydrogen-bond acceptors (Lipinski definition) is 2. The molecule has 0 unspecified atom stereocenters. The first kappa shape index (κ1) is 10.9. The van der Waals surface area contributed by atoms with Gasteiger partial charge in [0.05, 0.1) is 10.5 Å². The van der Waals surface area contributed by atoms with Gasteiger partial charge in [0.2, 0.25) is 0 Å². The lowest BCUT2D eigenvalue weighted by Gasteiger charge is -2.00. The lowest BCUT2D eigenvalue weighted by molar-refractivity contribution is 1.29. The van der Waals surface area contributed by atoms with Crippen molar-refractivity contribution in [1.29, 1.82) is 0 Å². The largest absolute Gasteiger partial charge is 0.264 e. The zero-order chi connectivity index (χ0) is 10.6. The van der Waals surface area contributed by atoms with E-state index in [1.807, 2.05) is 26.8 Å². The van der Waals surface area contributed by atoms with Gasteiger partial charge in [0.25, 0.3) is 0 Å². The molecule has 0 fully saturated rings. The maximum absolute atomic E-state index is 6.05. The predicted octanol–water partition coefficient (Wildman–Crippen LogP) is 3.62. The Morgan fingerprint density at radius 2 is 1.93 bits per heavy atom. The van der Waals surface area contributed by atoms with Gasteiger partial charge in [-0.15, -0.1) is 0 Å². The molecule has 0 aliphatic heterocycles. The molecule has 0 aromatic carbocycles. The van der Waals surface area contributed by atoms with E-state index in [-0.39, 0.29) is 0 Å². The van der Waals surface area contributed by atoms with Crippen LogP contribution in [0.25, 0.3) is 10.9 Å². The van der Waals surface area contributed by atoms with Crippen molar-refractivity contribution in [3.63, 3.8) is 0 Å². The molecule has 0 spiro atoms. The Kier molecular flexibility index (Phi) is 3.84. The van der Waals surface area contributed by atoms with Crippen LogP contribution in [0, 0.1) is 6.92 Å². The highest BCUT2D eigenvalue weighted by Gasteiger charge is 2.01. The molecule has 3 heteroatoms. The number of aryl methyl sites for hydroxylation is 1. The van der Waals surface area contributed by atoms with Crippen LogP contribution in [0.5, 0.6) is 0 Å². The van der Waals surface area contributed by atoms with Crippen molar-refractivity contribution in [2.75, 3.05) is 0 Å². The monoisotopic (exact) mass is 208 g/mol. The molecule has 0 amide bonds. The van der Waals surface area contributed by atoms with E-state index in [4.69, 9.17) is 11.6 Å². The fourth-order valence-electron chi connectivity index (χ4n) is 1.10. The fraction of sp³-hybridized carbons (Fsp3) is 0.273. The first-order valence-electron chi connectivity index (χ1n) is 4.64. The topological polar surface area (TPSA) is 25.8 Å². The predicted molar refractivity (Wildman–Crippen MR) is 60.6 cm³/mol. The normalized spacial score (nSPS) is 9.43. The standard InChI is InChI=1S/C9H7ClN2.C2H6/c1-6-4-12-8-2-3-11-5-7(8)9(6)10;1-2/h2-5H,1H3;1-2H3. The van der Waals surface area contributed by atoms with Crippen LogP contribution in [-0.2, 0) is 0 Å². The number of aromatic nitrogens is 2. The molecule has 0 saturated carbocycles. The molecule has 0 radical (unpaired) electrons. The summed E-state index contributed by atoms with van der Waals surface area (Å²) in [5.41, 5.74) is 1.87. The molecule has 2 aromatic rings. The molecule has 74 valence electrons. The van der Waals surface area contributed by atoms with Crippen molar-refractivity contribution in [2.45, 2.75) is 20.8 Å². The molecule has 14 heavy (non-hydrogen) atoms. The lowest BCUT2D eigenvalue weighted by Crippen LogP contribution is -1.84. The smallest absolute Gasteiger partial charge is 0.0748 e. The Balaban J connectivity index is 0.000000461. The zero-order valence-electron chi connectivity index (χ0n) is 8.58. The van der Waals surface area contributed by atoms with Crippen LogP contribution < -0.4 is 0 Å². The fourth-order valence-corrected chi connectivity index (χ4v) is 1.30. The average molecular weight is 209 g/mol. The second-order valence-corrected chi connectivity index (χ2v) is 3.03. The van der Waals surface area contributed by atoms with E-state index in [0.717, 1.165) is 21.5 Å². The van der Waals surface area contributed by atoms with Crippen LogP contribution in [0.3, 0.4) is 0 Å². The van der Waals surface area contributed by atoms with Gasteiger partial charge in [-0.25, -0.2) is 0 Å². The summed E-state index contributed by atoms with van der Waals surface area (Å²) in [5, 5.41) is 1.66. The van der Waals surface area contributed by atoms with Crippen molar-refractivity contribution in [3.05, 3.63) is 35.2 Å². The molecule has 0 atom stereocenters. The van der Waals surface area contributed by atoms with Crippen LogP contribution in [0.2, 0.25) is 5.02 Å². The summed E-state index contributed by atoms with van der Waals surface area (Å²) in [7, 11) is 0. The maximum atomic E-state index is 6.05. The van der Waals surface area contributed by atoms with Gasteiger partial charge in [0.15, 0.2) is 0 Å². The van der Waals surface area contributed by atoms with Gasteiger partial charge in [0.1, 0.15) is 0 Å². The first-order chi connectivity index (χ1) is 6.79. The summed E-state index contributed by atoms with van der Waals surface area (Å²) in [6, 6.07) is 1.85. The molecule has 2 aromatic heterocycles. The number of hydrogen-bond donors (Lipinski definition) is 0. The molecular weight excluding hydrogens is 196 g/mol. The maximum Gasteiger partial charge on any atom is 0.0748 e. The Labute approximate surface area is 89.0 Å². The van der Waals surface area contributed by atoms with E-state index in [1.165, 1.54) is 0 Å². The van der Waals surface area contributed by atoms with E-state index >= 15 is 0 Å². The highest BCUT2D eigenvalue weighted by Crippen LogP contribution is 2.23. The van der Waals surface area contributed by atoms with Gasteiger partial charge < -0.3 is 0 Å². The Bertz CT molecular complexity index is 427. The molecule has 0 bridgehead atoms. The molecule has 2 heterocycles. The number of nitrogens with zero attached hydrogens (tertiary/aromatic N) is 2. The number of fused-ring (bicyclic) bond motifs is 1. The molecule has 0 saturated heterocycles. The minimum Gasteiger partial charge on any atom is -0.264 e. The quantitative estimate of drug-likeness (QED) is 0.661. The highest BCUT2D eigenvalue weighted by atomic mass is 35.5. The Morgan fingerprint density at radius 1 is 1.21 bits per heavy atom. The summed E-state index contributed by atoms with van der Waals surface area (Å²) in [4.78, 5) is 8.21. The molecule has 0 aliphatic rings. The molecular formula is C11H13ClN2. The molecule has 0 aliphatic carbocycles. The Morgan fingerprint density at radius 3 is 2.64 bits per heavy atom. The van der Waals surface area contributed by atoms with Crippen molar-refractivity contribution < 1.29 is 0 Å². The van der Waals surface area contributed by atoms with Crippen LogP contribution in [0.4, 0.5) is 0 Å². The van der Waals surface area contributed by atoms with Crippen molar-refractivity contribution in [3.8, 4) is 0 Å². The van der Waals surface area contributed by atoms with Crippen LogP contribution >= 0.6 is 11.6 Å². The van der Waals surface area contributed by atoms with Gasteiger partial charge >= 0.3 is 0 Å². The summed E-state index contributed by atoms with van der Waals surface area (Å²) in [6.07, 6.45) is 5.21. The third-order valence-electron chi connectivity index (χ3n) is 1.78. The van der Waals surface area contributed by atoms with E-state index in [2.05, 4.69) is 9.97 Å². The minimum atomic E-state index is 0.744. The second kappa shape index (κ2) is 4.91.